The van der Waals surface area contributed by atoms with Crippen molar-refractivity contribution in [2.75, 3.05) is 18.4 Å². The summed E-state index contributed by atoms with van der Waals surface area (Å²) in [4.78, 5) is 34.6. The number of pyridine rings is 1. The zero-order chi connectivity index (χ0) is 32.3. The van der Waals surface area contributed by atoms with Gasteiger partial charge in [-0.05, 0) is 62.4 Å². The van der Waals surface area contributed by atoms with Crippen LogP contribution in [0.25, 0.3) is 16.9 Å². The van der Waals surface area contributed by atoms with Crippen LogP contribution in [0.1, 0.15) is 54.0 Å². The number of fused-ring (bicyclic) bond motifs is 1. The second-order valence-corrected chi connectivity index (χ2v) is 11.6. The lowest BCUT2D eigenvalue weighted by atomic mass is 9.99. The van der Waals surface area contributed by atoms with Crippen molar-refractivity contribution in [2.45, 2.75) is 51.0 Å². The van der Waals surface area contributed by atoms with Gasteiger partial charge in [-0.1, -0.05) is 12.1 Å². The number of anilines is 1. The summed E-state index contributed by atoms with van der Waals surface area (Å²) in [5.41, 5.74) is 1.56. The topological polar surface area (TPSA) is 83.4 Å². The molecule has 13 heteroatoms. The normalized spacial score (nSPS) is 20.7. The highest BCUT2D eigenvalue weighted by atomic mass is 19.4. The molecule has 3 atom stereocenters. The van der Waals surface area contributed by atoms with E-state index in [1.807, 2.05) is 18.7 Å². The Morgan fingerprint density at radius 3 is 2.11 bits per heavy atom. The molecule has 0 spiro atoms. The van der Waals surface area contributed by atoms with Gasteiger partial charge in [-0.15, -0.1) is 0 Å². The Morgan fingerprint density at radius 2 is 1.51 bits per heavy atom. The predicted molar refractivity (Wildman–Crippen MR) is 156 cm³/mol. The molecule has 1 fully saturated rings. The maximum Gasteiger partial charge on any atom is 0.416 e. The number of nitrogens with one attached hydrogen (secondary N) is 1. The fourth-order valence-electron chi connectivity index (χ4n) is 6.19. The zero-order valence-corrected chi connectivity index (χ0v) is 24.5. The molecule has 1 N–H and O–H groups in total. The van der Waals surface area contributed by atoms with Crippen LogP contribution in [0.15, 0.2) is 73.1 Å². The van der Waals surface area contributed by atoms with Crippen LogP contribution in [0.5, 0.6) is 0 Å². The number of benzene rings is 2. The van der Waals surface area contributed by atoms with Crippen molar-refractivity contribution >= 4 is 17.5 Å². The van der Waals surface area contributed by atoms with E-state index in [4.69, 9.17) is 0 Å². The summed E-state index contributed by atoms with van der Waals surface area (Å²) in [5, 5.41) is 7.27. The van der Waals surface area contributed by atoms with Gasteiger partial charge in [-0.3, -0.25) is 19.5 Å². The van der Waals surface area contributed by atoms with Crippen molar-refractivity contribution in [1.29, 1.82) is 0 Å². The molecule has 0 aliphatic carbocycles. The van der Waals surface area contributed by atoms with Crippen molar-refractivity contribution in [3.63, 3.8) is 0 Å². The van der Waals surface area contributed by atoms with E-state index in [1.54, 1.807) is 41.6 Å². The average molecular weight is 625 g/mol. The van der Waals surface area contributed by atoms with E-state index < -0.39 is 23.7 Å². The Bertz CT molecular complexity index is 1740. The Morgan fingerprint density at radius 1 is 0.889 bits per heavy atom. The summed E-state index contributed by atoms with van der Waals surface area (Å²) >= 11 is 0. The molecule has 8 nitrogen and oxygen atoms in total. The van der Waals surface area contributed by atoms with Crippen LogP contribution >= 0.6 is 0 Å². The number of carbonyl (C=O) groups excluding carboxylic acids is 2. The summed E-state index contributed by atoms with van der Waals surface area (Å²) in [6.07, 6.45) is -1.37. The summed E-state index contributed by atoms with van der Waals surface area (Å²) in [7, 11) is 0. The first-order valence-corrected chi connectivity index (χ1v) is 14.3. The summed E-state index contributed by atoms with van der Waals surface area (Å²) in [6.45, 7) is 5.17. The first-order valence-electron chi connectivity index (χ1n) is 14.3. The minimum Gasteiger partial charge on any atom is -0.329 e. The van der Waals surface area contributed by atoms with E-state index in [0.717, 1.165) is 19.1 Å². The summed E-state index contributed by atoms with van der Waals surface area (Å²) in [5.74, 6) is -3.75. The Balaban J connectivity index is 1.28. The molecule has 0 bridgehead atoms. The monoisotopic (exact) mass is 624 g/mol. The minimum atomic E-state index is -4.50. The van der Waals surface area contributed by atoms with Gasteiger partial charge in [0.1, 0.15) is 6.04 Å². The van der Waals surface area contributed by atoms with Crippen molar-refractivity contribution < 1.29 is 31.5 Å². The number of amides is 2. The molecule has 2 aliphatic heterocycles. The van der Waals surface area contributed by atoms with Gasteiger partial charge in [-0.2, -0.15) is 18.3 Å². The Hall–Kier alpha value is -4.65. The molecule has 2 aliphatic rings. The molecule has 1 saturated heterocycles. The minimum absolute atomic E-state index is 0.103. The van der Waals surface area contributed by atoms with Crippen LogP contribution in [0.4, 0.5) is 27.6 Å². The molecular weight excluding hydrogens is 595 g/mol. The van der Waals surface area contributed by atoms with E-state index in [-0.39, 0.29) is 35.2 Å². The maximum absolute atomic E-state index is 14.0. The standard InChI is InChI=1S/C32H29F5N6O2/c1-18-16-41(28-24-9-6-22(31(3,33)34)14-25(24)39-29(28)44)17-19(2)42(18)30(45)26-15-27(20-10-12-38-13-11-20)43(40-26)23-7-4-21(5-8-23)32(35,36)37/h4-15,18-19,28H,16-17H2,1-3H3,(H,39,44)/t18-,19+,28?. The molecule has 2 aromatic heterocycles. The molecular formula is C32H29F5N6O2. The number of alkyl halides is 5. The molecule has 45 heavy (non-hydrogen) atoms. The quantitative estimate of drug-likeness (QED) is 0.264. The van der Waals surface area contributed by atoms with Gasteiger partial charge in [0.05, 0.1) is 16.9 Å². The van der Waals surface area contributed by atoms with Crippen LogP contribution < -0.4 is 5.32 Å². The molecule has 0 saturated carbocycles. The lowest BCUT2D eigenvalue weighted by Crippen LogP contribution is -2.59. The fourth-order valence-corrected chi connectivity index (χ4v) is 6.19. The summed E-state index contributed by atoms with van der Waals surface area (Å²) in [6, 6.07) is 12.3. The smallest absolute Gasteiger partial charge is 0.329 e. The molecule has 4 aromatic rings. The van der Waals surface area contributed by atoms with Crippen LogP contribution in [0, 0.1) is 0 Å². The second kappa shape index (κ2) is 11.1. The van der Waals surface area contributed by atoms with Crippen molar-refractivity contribution in [3.05, 3.63) is 95.4 Å². The van der Waals surface area contributed by atoms with Crippen LogP contribution in [-0.2, 0) is 16.9 Å². The van der Waals surface area contributed by atoms with E-state index in [1.165, 1.54) is 28.9 Å². The SMILES string of the molecule is C[C@@H]1CN(C2C(=O)Nc3cc(C(C)(F)F)ccc32)C[C@H](C)N1C(=O)c1cc(-c2ccncc2)n(-c2ccc(C(F)(F)F)cc2)n1. The average Bonchev–Trinajstić information content (AvgIpc) is 3.57. The van der Waals surface area contributed by atoms with Gasteiger partial charge in [0.15, 0.2) is 5.69 Å². The van der Waals surface area contributed by atoms with E-state index >= 15 is 0 Å². The number of aromatic nitrogens is 3. The molecule has 0 radical (unpaired) electrons. The highest BCUT2D eigenvalue weighted by Crippen LogP contribution is 2.40. The number of rotatable bonds is 5. The molecule has 234 valence electrons. The largest absolute Gasteiger partial charge is 0.416 e. The fraction of sp³-hybridized carbons (Fsp3) is 0.312. The third-order valence-corrected chi connectivity index (χ3v) is 8.25. The number of carbonyl (C=O) groups is 2. The molecule has 4 heterocycles. The van der Waals surface area contributed by atoms with Crippen molar-refractivity contribution in [3.8, 4) is 16.9 Å². The molecule has 6 rings (SSSR count). The third-order valence-electron chi connectivity index (χ3n) is 8.25. The van der Waals surface area contributed by atoms with E-state index in [9.17, 15) is 31.5 Å². The molecule has 1 unspecified atom stereocenters. The highest BCUT2D eigenvalue weighted by Gasteiger charge is 2.43. The Kier molecular flexibility index (Phi) is 7.46. The van der Waals surface area contributed by atoms with Gasteiger partial charge >= 0.3 is 6.18 Å². The number of piperazine rings is 1. The van der Waals surface area contributed by atoms with Crippen LogP contribution in [-0.4, -0.2) is 61.6 Å². The molecule has 2 aromatic carbocycles. The lowest BCUT2D eigenvalue weighted by molar-refractivity contribution is -0.137. The number of hydrogen-bond acceptors (Lipinski definition) is 5. The van der Waals surface area contributed by atoms with E-state index in [0.29, 0.717) is 41.3 Å². The number of nitrogens with zero attached hydrogens (tertiary/aromatic N) is 5. The Labute approximate surface area is 255 Å². The highest BCUT2D eigenvalue weighted by molar-refractivity contribution is 6.02. The first kappa shape index (κ1) is 30.4. The van der Waals surface area contributed by atoms with Gasteiger partial charge in [-0.25, -0.2) is 13.5 Å². The summed E-state index contributed by atoms with van der Waals surface area (Å²) < 4.78 is 68.8. The molecule has 2 amide bonds. The lowest BCUT2D eigenvalue weighted by Gasteiger charge is -2.45. The number of hydrogen-bond donors (Lipinski definition) is 1. The number of halogens is 5. The third kappa shape index (κ3) is 5.68. The van der Waals surface area contributed by atoms with Gasteiger partial charge in [0.2, 0.25) is 5.91 Å². The maximum atomic E-state index is 14.0. The van der Waals surface area contributed by atoms with Gasteiger partial charge in [0.25, 0.3) is 11.8 Å². The van der Waals surface area contributed by atoms with Crippen LogP contribution in [0.3, 0.4) is 0 Å². The van der Waals surface area contributed by atoms with Crippen molar-refractivity contribution in [2.24, 2.45) is 0 Å². The van der Waals surface area contributed by atoms with Crippen molar-refractivity contribution in [1.82, 2.24) is 24.6 Å². The van der Waals surface area contributed by atoms with E-state index in [2.05, 4.69) is 15.4 Å². The second-order valence-electron chi connectivity index (χ2n) is 11.6. The predicted octanol–water partition coefficient (Wildman–Crippen LogP) is 6.29. The first-order chi connectivity index (χ1) is 21.2. The van der Waals surface area contributed by atoms with Gasteiger partial charge < -0.3 is 10.2 Å². The van der Waals surface area contributed by atoms with Crippen LogP contribution in [0.2, 0.25) is 0 Å². The zero-order valence-electron chi connectivity index (χ0n) is 24.5. The van der Waals surface area contributed by atoms with Gasteiger partial charge in [0, 0.05) is 66.9 Å².